The summed E-state index contributed by atoms with van der Waals surface area (Å²) in [6.45, 7) is 9.31. The molecule has 0 bridgehead atoms. The SMILES string of the molecule is C=C1C(c2ccc(Br)cc2)=C(C#N)C(C)(CCCC)CN1CC1=CCCC(F)=C1F. The number of nitriles is 1. The molecular weight excluding hydrogens is 446 g/mol. The Kier molecular flexibility index (Phi) is 6.98. The van der Waals surface area contributed by atoms with Crippen molar-refractivity contribution in [1.29, 1.82) is 5.26 Å². The standard InChI is InChI=1S/C25H27BrF2N2/c1-4-5-13-25(3)16-30(15-19-7-6-8-22(27)24(19)28)17(2)23(21(25)14-29)18-9-11-20(26)12-10-18/h7,9-12H,2,4-6,8,13,15-16H2,1,3H3. The minimum Gasteiger partial charge on any atom is -0.366 e. The molecule has 1 aromatic rings. The van der Waals surface area contributed by atoms with Crippen LogP contribution in [0.2, 0.25) is 0 Å². The maximum atomic E-state index is 14.4. The van der Waals surface area contributed by atoms with Crippen LogP contribution in [0.3, 0.4) is 0 Å². The van der Waals surface area contributed by atoms with Crippen LogP contribution < -0.4 is 0 Å². The van der Waals surface area contributed by atoms with Crippen LogP contribution in [0.15, 0.2) is 69.9 Å². The Morgan fingerprint density at radius 1 is 1.27 bits per heavy atom. The van der Waals surface area contributed by atoms with E-state index in [4.69, 9.17) is 0 Å². The van der Waals surface area contributed by atoms with Gasteiger partial charge in [-0.3, -0.25) is 0 Å². The molecule has 158 valence electrons. The van der Waals surface area contributed by atoms with Crippen LogP contribution in [-0.4, -0.2) is 18.0 Å². The average Bonchev–Trinajstić information content (AvgIpc) is 2.73. The van der Waals surface area contributed by atoms with E-state index in [2.05, 4.69) is 42.4 Å². The van der Waals surface area contributed by atoms with Gasteiger partial charge in [0.15, 0.2) is 5.83 Å². The summed E-state index contributed by atoms with van der Waals surface area (Å²) in [5.41, 5.74) is 3.10. The van der Waals surface area contributed by atoms with Crippen LogP contribution >= 0.6 is 15.9 Å². The van der Waals surface area contributed by atoms with Gasteiger partial charge in [0.2, 0.25) is 0 Å². The Labute approximate surface area is 186 Å². The molecular formula is C25H27BrF2N2. The van der Waals surface area contributed by atoms with Crippen LogP contribution in [0.5, 0.6) is 0 Å². The van der Waals surface area contributed by atoms with E-state index >= 15 is 0 Å². The van der Waals surface area contributed by atoms with Crippen LogP contribution in [0.4, 0.5) is 8.78 Å². The molecule has 0 aromatic heterocycles. The smallest absolute Gasteiger partial charge is 0.159 e. The third kappa shape index (κ3) is 4.44. The third-order valence-corrected chi connectivity index (χ3v) is 6.56. The van der Waals surface area contributed by atoms with Crippen LogP contribution in [0.1, 0.15) is 51.5 Å². The molecule has 2 aliphatic rings. The minimum absolute atomic E-state index is 0.118. The lowest BCUT2D eigenvalue weighted by Gasteiger charge is -2.44. The largest absolute Gasteiger partial charge is 0.366 e. The van der Waals surface area contributed by atoms with Crippen molar-refractivity contribution < 1.29 is 8.78 Å². The van der Waals surface area contributed by atoms with E-state index in [-0.39, 0.29) is 18.4 Å². The van der Waals surface area contributed by atoms with Gasteiger partial charge >= 0.3 is 0 Å². The maximum absolute atomic E-state index is 14.4. The van der Waals surface area contributed by atoms with Gasteiger partial charge in [0.05, 0.1) is 6.07 Å². The fourth-order valence-electron chi connectivity index (χ4n) is 4.33. The molecule has 0 fully saturated rings. The van der Waals surface area contributed by atoms with Crippen LogP contribution in [-0.2, 0) is 0 Å². The second kappa shape index (κ2) is 9.31. The lowest BCUT2D eigenvalue weighted by Crippen LogP contribution is -2.42. The van der Waals surface area contributed by atoms with Gasteiger partial charge in [0, 0.05) is 51.8 Å². The van der Waals surface area contributed by atoms with Gasteiger partial charge in [-0.25, -0.2) is 8.78 Å². The Hall–Kier alpha value is -2.19. The number of allylic oxidation sites excluding steroid dienone is 3. The molecule has 0 saturated heterocycles. The molecule has 5 heteroatoms. The van der Waals surface area contributed by atoms with Crippen molar-refractivity contribution in [3.8, 4) is 6.07 Å². The molecule has 0 spiro atoms. The van der Waals surface area contributed by atoms with E-state index in [9.17, 15) is 14.0 Å². The van der Waals surface area contributed by atoms with Gasteiger partial charge in [0.25, 0.3) is 0 Å². The first-order chi connectivity index (χ1) is 14.3. The molecule has 2 nitrogen and oxygen atoms in total. The fraction of sp³-hybridized carbons (Fsp3) is 0.400. The summed E-state index contributed by atoms with van der Waals surface area (Å²) in [5.74, 6) is -1.42. The van der Waals surface area contributed by atoms with Crippen molar-refractivity contribution in [2.75, 3.05) is 13.1 Å². The highest BCUT2D eigenvalue weighted by molar-refractivity contribution is 9.10. The van der Waals surface area contributed by atoms with E-state index < -0.39 is 11.7 Å². The summed E-state index contributed by atoms with van der Waals surface area (Å²) < 4.78 is 29.2. The second-order valence-corrected chi connectivity index (χ2v) is 9.24. The van der Waals surface area contributed by atoms with Crippen molar-refractivity contribution in [1.82, 2.24) is 4.90 Å². The monoisotopic (exact) mass is 472 g/mol. The van der Waals surface area contributed by atoms with E-state index in [1.54, 1.807) is 6.08 Å². The summed E-state index contributed by atoms with van der Waals surface area (Å²) in [6.07, 6.45) is 5.26. The molecule has 30 heavy (non-hydrogen) atoms. The zero-order chi connectivity index (χ0) is 21.9. The number of nitrogens with zero attached hydrogens (tertiary/aromatic N) is 2. The molecule has 1 unspecified atom stereocenters. The van der Waals surface area contributed by atoms with Gasteiger partial charge in [-0.2, -0.15) is 5.26 Å². The molecule has 0 N–H and O–H groups in total. The second-order valence-electron chi connectivity index (χ2n) is 8.32. The van der Waals surface area contributed by atoms with Crippen molar-refractivity contribution in [2.45, 2.75) is 46.0 Å². The maximum Gasteiger partial charge on any atom is 0.159 e. The summed E-state index contributed by atoms with van der Waals surface area (Å²) in [6, 6.07) is 10.3. The lowest BCUT2D eigenvalue weighted by atomic mass is 9.71. The number of halogens is 3. The summed E-state index contributed by atoms with van der Waals surface area (Å²) in [4.78, 5) is 2.01. The molecule has 1 aliphatic heterocycles. The van der Waals surface area contributed by atoms with Gasteiger partial charge in [-0.05, 0) is 30.5 Å². The van der Waals surface area contributed by atoms with Gasteiger partial charge in [0.1, 0.15) is 5.83 Å². The van der Waals surface area contributed by atoms with Crippen LogP contribution in [0.25, 0.3) is 5.57 Å². The highest BCUT2D eigenvalue weighted by atomic mass is 79.9. The van der Waals surface area contributed by atoms with E-state index in [1.165, 1.54) is 0 Å². The third-order valence-electron chi connectivity index (χ3n) is 6.03. The fourth-order valence-corrected chi connectivity index (χ4v) is 4.59. The highest BCUT2D eigenvalue weighted by Gasteiger charge is 2.40. The molecule has 1 heterocycles. The predicted octanol–water partition coefficient (Wildman–Crippen LogP) is 7.62. The van der Waals surface area contributed by atoms with Crippen molar-refractivity contribution in [2.24, 2.45) is 5.41 Å². The predicted molar refractivity (Wildman–Crippen MR) is 122 cm³/mol. The Balaban J connectivity index is 2.07. The normalized spacial score (nSPS) is 22.3. The topological polar surface area (TPSA) is 27.0 Å². The molecule has 1 aliphatic carbocycles. The van der Waals surface area contributed by atoms with Gasteiger partial charge in [-0.1, -0.05) is 67.4 Å². The Bertz CT molecular complexity index is 966. The van der Waals surface area contributed by atoms with Gasteiger partial charge < -0.3 is 4.90 Å². The molecule has 3 rings (SSSR count). The number of hydrogen-bond donors (Lipinski definition) is 0. The number of rotatable bonds is 6. The zero-order valence-electron chi connectivity index (χ0n) is 17.6. The summed E-state index contributed by atoms with van der Waals surface area (Å²) >= 11 is 3.46. The first-order valence-electron chi connectivity index (χ1n) is 10.4. The zero-order valence-corrected chi connectivity index (χ0v) is 19.2. The first kappa shape index (κ1) is 22.5. The summed E-state index contributed by atoms with van der Waals surface area (Å²) in [5, 5.41) is 10.1. The van der Waals surface area contributed by atoms with E-state index in [1.807, 2.05) is 29.2 Å². The minimum atomic E-state index is -0.746. The molecule has 1 aromatic carbocycles. The van der Waals surface area contributed by atoms with Gasteiger partial charge in [-0.15, -0.1) is 0 Å². The molecule has 1 atom stereocenters. The highest BCUT2D eigenvalue weighted by Crippen LogP contribution is 2.46. The Morgan fingerprint density at radius 2 is 1.97 bits per heavy atom. The quantitative estimate of drug-likeness (QED) is 0.425. The Morgan fingerprint density at radius 3 is 2.60 bits per heavy atom. The number of unbranched alkanes of at least 4 members (excludes halogenated alkanes) is 1. The lowest BCUT2D eigenvalue weighted by molar-refractivity contribution is 0.225. The number of hydrogen-bond acceptors (Lipinski definition) is 2. The average molecular weight is 473 g/mol. The number of benzene rings is 1. The molecule has 0 saturated carbocycles. The summed E-state index contributed by atoms with van der Waals surface area (Å²) in [7, 11) is 0. The van der Waals surface area contributed by atoms with Crippen molar-refractivity contribution >= 4 is 21.5 Å². The van der Waals surface area contributed by atoms with Crippen molar-refractivity contribution in [3.63, 3.8) is 0 Å². The van der Waals surface area contributed by atoms with E-state index in [0.717, 1.165) is 40.4 Å². The first-order valence-corrected chi connectivity index (χ1v) is 11.2. The molecule has 0 radical (unpaired) electrons. The van der Waals surface area contributed by atoms with Crippen molar-refractivity contribution in [3.05, 3.63) is 75.5 Å². The van der Waals surface area contributed by atoms with Crippen LogP contribution in [0, 0.1) is 16.7 Å². The van der Waals surface area contributed by atoms with E-state index in [0.29, 0.717) is 24.2 Å². The molecule has 0 amide bonds.